The van der Waals surface area contributed by atoms with Crippen molar-refractivity contribution >= 4 is 34.6 Å². The molecule has 0 spiro atoms. The van der Waals surface area contributed by atoms with Crippen LogP contribution < -0.4 is 10.1 Å². The lowest BCUT2D eigenvalue weighted by Crippen LogP contribution is -2.38. The van der Waals surface area contributed by atoms with Gasteiger partial charge in [0.25, 0.3) is 0 Å². The summed E-state index contributed by atoms with van der Waals surface area (Å²) in [7, 11) is 0. The van der Waals surface area contributed by atoms with Gasteiger partial charge in [-0.3, -0.25) is 14.8 Å². The molecule has 1 saturated heterocycles. The zero-order chi connectivity index (χ0) is 20.8. The molecule has 7 heteroatoms. The number of fused-ring (bicyclic) bond motifs is 1. The Morgan fingerprint density at radius 2 is 2.07 bits per heavy atom. The van der Waals surface area contributed by atoms with E-state index in [9.17, 15) is 4.79 Å². The predicted octanol–water partition coefficient (Wildman–Crippen LogP) is 3.40. The molecular formula is C23H26N4O3. The number of anilines is 1. The lowest BCUT2D eigenvalue weighted by Gasteiger charge is -2.26. The second-order valence-electron chi connectivity index (χ2n) is 7.23. The number of benzene rings is 2. The predicted molar refractivity (Wildman–Crippen MR) is 119 cm³/mol. The van der Waals surface area contributed by atoms with Crippen LogP contribution in [0.5, 0.6) is 5.75 Å². The number of carbonyl (C=O) groups is 1. The number of aromatic nitrogens is 2. The molecule has 2 N–H and O–H groups in total. The highest BCUT2D eigenvalue weighted by molar-refractivity contribution is 5.92. The van der Waals surface area contributed by atoms with Crippen molar-refractivity contribution in [3.05, 3.63) is 53.7 Å². The Morgan fingerprint density at radius 1 is 1.23 bits per heavy atom. The van der Waals surface area contributed by atoms with Crippen LogP contribution in [-0.2, 0) is 9.53 Å². The molecule has 4 rings (SSSR count). The molecule has 1 fully saturated rings. The first-order chi connectivity index (χ1) is 14.7. The molecule has 156 valence electrons. The summed E-state index contributed by atoms with van der Waals surface area (Å²) >= 11 is 0. The molecule has 0 saturated carbocycles. The summed E-state index contributed by atoms with van der Waals surface area (Å²) in [5.41, 5.74) is 3.49. The average molecular weight is 406 g/mol. The van der Waals surface area contributed by atoms with Gasteiger partial charge in [0.15, 0.2) is 0 Å². The van der Waals surface area contributed by atoms with Crippen LogP contribution in [0.4, 0.5) is 5.69 Å². The molecule has 3 aromatic rings. The number of aromatic amines is 1. The Hall–Kier alpha value is -3.16. The molecule has 1 amide bonds. The van der Waals surface area contributed by atoms with E-state index < -0.39 is 0 Å². The van der Waals surface area contributed by atoms with E-state index in [1.807, 2.05) is 54.6 Å². The van der Waals surface area contributed by atoms with Crippen molar-refractivity contribution in [2.75, 3.05) is 44.8 Å². The van der Waals surface area contributed by atoms with E-state index in [0.29, 0.717) is 18.0 Å². The van der Waals surface area contributed by atoms with Crippen LogP contribution in [0.2, 0.25) is 0 Å². The fourth-order valence-electron chi connectivity index (χ4n) is 3.46. The summed E-state index contributed by atoms with van der Waals surface area (Å²) in [6.07, 6.45) is 3.94. The summed E-state index contributed by atoms with van der Waals surface area (Å²) < 4.78 is 11.3. The summed E-state index contributed by atoms with van der Waals surface area (Å²) in [5.74, 6) is 0.535. The average Bonchev–Trinajstić information content (AvgIpc) is 3.17. The van der Waals surface area contributed by atoms with Crippen LogP contribution >= 0.6 is 0 Å². The van der Waals surface area contributed by atoms with Gasteiger partial charge in [-0.2, -0.15) is 5.10 Å². The van der Waals surface area contributed by atoms with Crippen molar-refractivity contribution in [2.24, 2.45) is 0 Å². The number of morpholine rings is 1. The van der Waals surface area contributed by atoms with E-state index in [-0.39, 0.29) is 5.91 Å². The number of hydrogen-bond acceptors (Lipinski definition) is 5. The maximum Gasteiger partial charge on any atom is 0.221 e. The van der Waals surface area contributed by atoms with Gasteiger partial charge in [0.2, 0.25) is 5.91 Å². The maximum absolute atomic E-state index is 11.7. The number of nitrogens with one attached hydrogen (secondary N) is 2. The van der Waals surface area contributed by atoms with Gasteiger partial charge in [-0.05, 0) is 29.8 Å². The van der Waals surface area contributed by atoms with Crippen molar-refractivity contribution in [1.29, 1.82) is 0 Å². The lowest BCUT2D eigenvalue weighted by molar-refractivity contribution is -0.114. The Kier molecular flexibility index (Phi) is 6.41. The number of nitrogens with zero attached hydrogens (tertiary/aromatic N) is 2. The van der Waals surface area contributed by atoms with Crippen molar-refractivity contribution in [2.45, 2.75) is 6.92 Å². The third-order valence-electron chi connectivity index (χ3n) is 5.02. The molecule has 0 atom stereocenters. The van der Waals surface area contributed by atoms with Crippen LogP contribution in [0.25, 0.3) is 23.1 Å². The third kappa shape index (κ3) is 5.06. The van der Waals surface area contributed by atoms with Crippen LogP contribution in [0.1, 0.15) is 18.2 Å². The maximum atomic E-state index is 11.7. The first-order valence-electron chi connectivity index (χ1n) is 10.1. The molecule has 30 heavy (non-hydrogen) atoms. The number of para-hydroxylation sites is 1. The summed E-state index contributed by atoms with van der Waals surface area (Å²) in [6.45, 7) is 6.27. The first-order valence-corrected chi connectivity index (χ1v) is 10.1. The topological polar surface area (TPSA) is 79.5 Å². The molecular weight excluding hydrogens is 380 g/mol. The molecule has 2 heterocycles. The van der Waals surface area contributed by atoms with Gasteiger partial charge in [-0.1, -0.05) is 30.3 Å². The molecule has 0 bridgehead atoms. The van der Waals surface area contributed by atoms with Crippen LogP contribution in [0, 0.1) is 0 Å². The van der Waals surface area contributed by atoms with Gasteiger partial charge in [-0.25, -0.2) is 0 Å². The van der Waals surface area contributed by atoms with Gasteiger partial charge in [0.1, 0.15) is 12.4 Å². The van der Waals surface area contributed by atoms with Crippen molar-refractivity contribution in [3.63, 3.8) is 0 Å². The quantitative estimate of drug-likeness (QED) is 0.629. The highest BCUT2D eigenvalue weighted by atomic mass is 16.5. The molecule has 7 nitrogen and oxygen atoms in total. The van der Waals surface area contributed by atoms with E-state index in [2.05, 4.69) is 20.4 Å². The zero-order valence-corrected chi connectivity index (χ0v) is 17.1. The van der Waals surface area contributed by atoms with E-state index in [4.69, 9.17) is 9.47 Å². The van der Waals surface area contributed by atoms with Gasteiger partial charge < -0.3 is 14.8 Å². The number of ether oxygens (including phenoxy) is 2. The van der Waals surface area contributed by atoms with Gasteiger partial charge in [0.05, 0.1) is 30.1 Å². The highest BCUT2D eigenvalue weighted by Crippen LogP contribution is 2.27. The summed E-state index contributed by atoms with van der Waals surface area (Å²) in [6, 6.07) is 13.8. The van der Waals surface area contributed by atoms with E-state index in [1.54, 1.807) is 0 Å². The largest absolute Gasteiger partial charge is 0.490 e. The molecule has 1 aliphatic rings. The van der Waals surface area contributed by atoms with Crippen molar-refractivity contribution in [1.82, 2.24) is 15.1 Å². The zero-order valence-electron chi connectivity index (χ0n) is 17.1. The first kappa shape index (κ1) is 20.1. The SMILES string of the molecule is CC(=O)Nc1cc(/C=C/c2n[nH]c3ccccc23)ccc1OCCN1CCOCC1. The molecule has 2 aromatic carbocycles. The highest BCUT2D eigenvalue weighted by Gasteiger charge is 2.11. The van der Waals surface area contributed by atoms with Gasteiger partial charge in [-0.15, -0.1) is 0 Å². The van der Waals surface area contributed by atoms with Crippen LogP contribution in [0.3, 0.4) is 0 Å². The fourth-order valence-corrected chi connectivity index (χ4v) is 3.46. The lowest BCUT2D eigenvalue weighted by atomic mass is 10.1. The standard InChI is InChI=1S/C23H26N4O3/c1-17(28)24-22-16-18(6-8-21-19-4-2-3-5-20(19)25-26-21)7-9-23(22)30-15-12-27-10-13-29-14-11-27/h2-9,16H,10-15H2,1H3,(H,24,28)(H,25,26)/b8-6+. The summed E-state index contributed by atoms with van der Waals surface area (Å²) in [5, 5.41) is 11.3. The number of amides is 1. The van der Waals surface area contributed by atoms with Gasteiger partial charge in [0, 0.05) is 31.9 Å². The molecule has 1 aromatic heterocycles. The Bertz CT molecular complexity index is 1040. The molecule has 0 radical (unpaired) electrons. The van der Waals surface area contributed by atoms with Crippen molar-refractivity contribution in [3.8, 4) is 5.75 Å². The molecule has 0 aliphatic carbocycles. The number of H-pyrrole nitrogens is 1. The smallest absolute Gasteiger partial charge is 0.221 e. The molecule has 0 unspecified atom stereocenters. The second-order valence-corrected chi connectivity index (χ2v) is 7.23. The number of carbonyl (C=O) groups excluding carboxylic acids is 1. The Labute approximate surface area is 175 Å². The molecule has 1 aliphatic heterocycles. The minimum atomic E-state index is -0.132. The normalized spacial score (nSPS) is 15.0. The van der Waals surface area contributed by atoms with Crippen LogP contribution in [-0.4, -0.2) is 60.5 Å². The van der Waals surface area contributed by atoms with Crippen molar-refractivity contribution < 1.29 is 14.3 Å². The monoisotopic (exact) mass is 406 g/mol. The van der Waals surface area contributed by atoms with E-state index in [1.165, 1.54) is 6.92 Å². The number of rotatable bonds is 7. The fraction of sp³-hybridized carbons (Fsp3) is 0.304. The van der Waals surface area contributed by atoms with E-state index >= 15 is 0 Å². The minimum absolute atomic E-state index is 0.132. The number of hydrogen-bond donors (Lipinski definition) is 2. The Morgan fingerprint density at radius 3 is 2.90 bits per heavy atom. The summed E-state index contributed by atoms with van der Waals surface area (Å²) in [4.78, 5) is 14.0. The second kappa shape index (κ2) is 9.56. The Balaban J connectivity index is 1.46. The minimum Gasteiger partial charge on any atom is -0.490 e. The van der Waals surface area contributed by atoms with Crippen LogP contribution in [0.15, 0.2) is 42.5 Å². The third-order valence-corrected chi connectivity index (χ3v) is 5.02. The van der Waals surface area contributed by atoms with Gasteiger partial charge >= 0.3 is 0 Å². The van der Waals surface area contributed by atoms with E-state index in [0.717, 1.165) is 55.0 Å².